The van der Waals surface area contributed by atoms with Crippen molar-refractivity contribution in [2.75, 3.05) is 36.9 Å². The number of nitrogens with one attached hydrogen (secondary N) is 3. The lowest BCUT2D eigenvalue weighted by atomic mass is 9.79. The number of fused-ring (bicyclic) bond motifs is 2. The van der Waals surface area contributed by atoms with E-state index in [0.717, 1.165) is 29.0 Å². The highest BCUT2D eigenvalue weighted by Gasteiger charge is 2.60. The van der Waals surface area contributed by atoms with Crippen molar-refractivity contribution in [2.24, 2.45) is 5.92 Å². The van der Waals surface area contributed by atoms with Crippen molar-refractivity contribution in [3.05, 3.63) is 46.5 Å². The predicted octanol–water partition coefficient (Wildman–Crippen LogP) is 4.18. The van der Waals surface area contributed by atoms with Gasteiger partial charge in [-0.25, -0.2) is 0 Å². The zero-order chi connectivity index (χ0) is 23.8. The minimum atomic E-state index is -1.19. The first kappa shape index (κ1) is 23.7. The molecule has 0 saturated carbocycles. The van der Waals surface area contributed by atoms with Crippen LogP contribution in [0, 0.1) is 12.8 Å². The van der Waals surface area contributed by atoms with Crippen molar-refractivity contribution in [3.8, 4) is 11.5 Å². The number of rotatable bonds is 7. The van der Waals surface area contributed by atoms with Crippen molar-refractivity contribution in [1.29, 1.82) is 0 Å². The van der Waals surface area contributed by atoms with Crippen LogP contribution in [0.5, 0.6) is 11.5 Å². The number of thioether (sulfide) groups is 1. The summed E-state index contributed by atoms with van der Waals surface area (Å²) in [6.45, 7) is 1.90. The zero-order valence-electron chi connectivity index (χ0n) is 19.1. The molecule has 2 heterocycles. The van der Waals surface area contributed by atoms with E-state index in [1.807, 2.05) is 19.2 Å². The molecule has 3 N–H and O–H groups in total. The number of carbonyl (C=O) groups excluding carboxylic acids is 2. The van der Waals surface area contributed by atoms with E-state index in [0.29, 0.717) is 28.6 Å². The van der Waals surface area contributed by atoms with Crippen molar-refractivity contribution in [1.82, 2.24) is 5.32 Å². The van der Waals surface area contributed by atoms with E-state index in [-0.39, 0.29) is 17.9 Å². The fourth-order valence-electron chi connectivity index (χ4n) is 4.87. The second-order valence-electron chi connectivity index (χ2n) is 8.37. The Hall–Kier alpha value is -2.42. The summed E-state index contributed by atoms with van der Waals surface area (Å²) in [4.78, 5) is 27.2. The van der Waals surface area contributed by atoms with E-state index in [1.165, 1.54) is 0 Å². The first-order chi connectivity index (χ1) is 15.8. The lowest BCUT2D eigenvalue weighted by Crippen LogP contribution is -2.52. The molecule has 3 atom stereocenters. The van der Waals surface area contributed by atoms with Gasteiger partial charge in [-0.05, 0) is 61.6 Å². The molecular weight excluding hydrogens is 462 g/mol. The first-order valence-corrected chi connectivity index (χ1v) is 12.5. The smallest absolute Gasteiger partial charge is 0.250 e. The average Bonchev–Trinajstić information content (AvgIpc) is 3.32. The maximum absolute atomic E-state index is 13.7. The fourth-order valence-corrected chi connectivity index (χ4v) is 5.66. The lowest BCUT2D eigenvalue weighted by molar-refractivity contribution is -0.130. The number of carbonyl (C=O) groups is 2. The van der Waals surface area contributed by atoms with Gasteiger partial charge in [0.05, 0.1) is 25.8 Å². The Morgan fingerprint density at radius 1 is 1.27 bits per heavy atom. The number of hydrogen-bond acceptors (Lipinski definition) is 6. The van der Waals surface area contributed by atoms with E-state index in [1.54, 1.807) is 50.2 Å². The molecule has 7 nitrogen and oxygen atoms in total. The largest absolute Gasteiger partial charge is 0.497 e. The summed E-state index contributed by atoms with van der Waals surface area (Å²) in [5, 5.41) is 10.0. The van der Waals surface area contributed by atoms with Gasteiger partial charge in [-0.15, -0.1) is 0 Å². The SMILES string of the molecule is COc1ccc(OC)c(NC(=O)[C@@H]2C[C@@H](CCSC)N[C@]23C(=O)Nc2c(C)cc(Cl)cc23)c1. The van der Waals surface area contributed by atoms with Gasteiger partial charge in [-0.3, -0.25) is 14.9 Å². The Morgan fingerprint density at radius 3 is 2.76 bits per heavy atom. The maximum Gasteiger partial charge on any atom is 0.250 e. The highest BCUT2D eigenvalue weighted by atomic mass is 35.5. The number of halogens is 1. The van der Waals surface area contributed by atoms with Crippen molar-refractivity contribution in [2.45, 2.75) is 31.3 Å². The predicted molar refractivity (Wildman–Crippen MR) is 133 cm³/mol. The number of amides is 2. The van der Waals surface area contributed by atoms with Crippen LogP contribution in [0.15, 0.2) is 30.3 Å². The molecule has 9 heteroatoms. The van der Waals surface area contributed by atoms with Gasteiger partial charge in [0.2, 0.25) is 11.8 Å². The van der Waals surface area contributed by atoms with E-state index < -0.39 is 11.5 Å². The third-order valence-corrected chi connectivity index (χ3v) is 7.31. The van der Waals surface area contributed by atoms with Gasteiger partial charge in [-0.2, -0.15) is 11.8 Å². The van der Waals surface area contributed by atoms with Crippen LogP contribution in [0.4, 0.5) is 11.4 Å². The molecule has 176 valence electrons. The van der Waals surface area contributed by atoms with Crippen LogP contribution in [0.1, 0.15) is 24.0 Å². The summed E-state index contributed by atoms with van der Waals surface area (Å²) in [5.41, 5.74) is 1.61. The third-order valence-electron chi connectivity index (χ3n) is 6.45. The number of hydrogen-bond donors (Lipinski definition) is 3. The van der Waals surface area contributed by atoms with E-state index >= 15 is 0 Å². The minimum Gasteiger partial charge on any atom is -0.497 e. The van der Waals surface area contributed by atoms with Gasteiger partial charge in [0, 0.05) is 28.4 Å². The Balaban J connectivity index is 1.75. The Bertz CT molecular complexity index is 1100. The van der Waals surface area contributed by atoms with Crippen LogP contribution < -0.4 is 25.4 Å². The number of benzene rings is 2. The highest BCUT2D eigenvalue weighted by Crippen LogP contribution is 2.49. The molecule has 0 unspecified atom stereocenters. The van der Waals surface area contributed by atoms with E-state index in [2.05, 4.69) is 16.0 Å². The number of anilines is 2. The summed E-state index contributed by atoms with van der Waals surface area (Å²) >= 11 is 8.13. The molecule has 2 amide bonds. The average molecular weight is 490 g/mol. The van der Waals surface area contributed by atoms with Crippen LogP contribution in [-0.4, -0.2) is 44.1 Å². The third kappa shape index (κ3) is 4.16. The summed E-state index contributed by atoms with van der Waals surface area (Å²) < 4.78 is 10.7. The van der Waals surface area contributed by atoms with E-state index in [9.17, 15) is 9.59 Å². The topological polar surface area (TPSA) is 88.7 Å². The highest BCUT2D eigenvalue weighted by molar-refractivity contribution is 7.98. The Kier molecular flexibility index (Phi) is 6.79. The normalized spacial score (nSPS) is 23.4. The van der Waals surface area contributed by atoms with Crippen LogP contribution in [0.25, 0.3) is 0 Å². The molecule has 0 aliphatic carbocycles. The van der Waals surface area contributed by atoms with Crippen molar-refractivity contribution >= 4 is 46.6 Å². The molecule has 0 aromatic heterocycles. The molecular formula is C24H28ClN3O4S. The second kappa shape index (κ2) is 9.44. The van der Waals surface area contributed by atoms with Gasteiger partial charge < -0.3 is 20.1 Å². The molecule has 2 aliphatic rings. The summed E-state index contributed by atoms with van der Waals surface area (Å²) in [7, 11) is 3.10. The van der Waals surface area contributed by atoms with Gasteiger partial charge in [-0.1, -0.05) is 11.6 Å². The zero-order valence-corrected chi connectivity index (χ0v) is 20.7. The molecule has 2 aromatic carbocycles. The lowest BCUT2D eigenvalue weighted by Gasteiger charge is -2.29. The number of methoxy groups -OCH3 is 2. The summed E-state index contributed by atoms with van der Waals surface area (Å²) in [6.07, 6.45) is 3.42. The summed E-state index contributed by atoms with van der Waals surface area (Å²) in [6, 6.07) is 8.82. The quantitative estimate of drug-likeness (QED) is 0.540. The molecule has 2 aliphatic heterocycles. The Morgan fingerprint density at radius 2 is 2.06 bits per heavy atom. The van der Waals surface area contributed by atoms with Crippen molar-refractivity contribution < 1.29 is 19.1 Å². The number of aryl methyl sites for hydroxylation is 1. The van der Waals surface area contributed by atoms with Crippen LogP contribution in [0.2, 0.25) is 5.02 Å². The standard InChI is InChI=1S/C24H28ClN3O4S/c1-13-9-14(25)10-17-21(13)27-23(30)24(17)18(11-15(28-24)7-8-33-4)22(29)26-19-12-16(31-2)5-6-20(19)32-3/h5-6,9-10,12,15,18,28H,7-8,11H2,1-4H3,(H,26,29)(H,27,30)/t15-,18+,24+/m1/s1. The molecule has 1 saturated heterocycles. The molecule has 33 heavy (non-hydrogen) atoms. The van der Waals surface area contributed by atoms with Crippen molar-refractivity contribution in [3.63, 3.8) is 0 Å². The van der Waals surface area contributed by atoms with Crippen LogP contribution in [0.3, 0.4) is 0 Å². The van der Waals surface area contributed by atoms with E-state index in [4.69, 9.17) is 21.1 Å². The van der Waals surface area contributed by atoms with Crippen LogP contribution >= 0.6 is 23.4 Å². The van der Waals surface area contributed by atoms with Gasteiger partial charge in [0.25, 0.3) is 0 Å². The first-order valence-electron chi connectivity index (χ1n) is 10.8. The molecule has 0 radical (unpaired) electrons. The van der Waals surface area contributed by atoms with Gasteiger partial charge in [0.15, 0.2) is 0 Å². The molecule has 2 aromatic rings. The fraction of sp³-hybridized carbons (Fsp3) is 0.417. The van der Waals surface area contributed by atoms with Gasteiger partial charge in [0.1, 0.15) is 17.0 Å². The second-order valence-corrected chi connectivity index (χ2v) is 9.80. The molecule has 0 bridgehead atoms. The minimum absolute atomic E-state index is 0.0105. The number of ether oxygens (including phenoxy) is 2. The summed E-state index contributed by atoms with van der Waals surface area (Å²) in [5.74, 6) is 0.898. The maximum atomic E-state index is 13.7. The van der Waals surface area contributed by atoms with Gasteiger partial charge >= 0.3 is 0 Å². The van der Waals surface area contributed by atoms with Crippen LogP contribution in [-0.2, 0) is 15.1 Å². The molecule has 1 fully saturated rings. The molecule has 1 spiro atoms. The Labute approximate surface area is 202 Å². The molecule has 4 rings (SSSR count). The monoisotopic (exact) mass is 489 g/mol.